The van der Waals surface area contributed by atoms with Crippen LogP contribution < -0.4 is 5.32 Å². The zero-order valence-corrected chi connectivity index (χ0v) is 15.2. The molecule has 1 fully saturated rings. The van der Waals surface area contributed by atoms with Gasteiger partial charge in [0.15, 0.2) is 0 Å². The Hall–Kier alpha value is -1.73. The van der Waals surface area contributed by atoms with Crippen LogP contribution in [0.15, 0.2) is 11.6 Å². The van der Waals surface area contributed by atoms with Gasteiger partial charge in [0.05, 0.1) is 19.3 Å². The van der Waals surface area contributed by atoms with Crippen molar-refractivity contribution in [2.45, 2.75) is 64.6 Å². The third-order valence-corrected chi connectivity index (χ3v) is 4.74. The van der Waals surface area contributed by atoms with Crippen LogP contribution in [0.3, 0.4) is 0 Å². The number of rotatable bonds is 5. The van der Waals surface area contributed by atoms with E-state index in [4.69, 9.17) is 9.47 Å². The smallest absolute Gasteiger partial charge is 0.289 e. The van der Waals surface area contributed by atoms with Crippen LogP contribution in [0.1, 0.15) is 56.0 Å². The number of nitrogens with one attached hydrogen (secondary N) is 1. The molecule has 1 aromatic heterocycles. The third kappa shape index (κ3) is 4.67. The number of hydrogen-bond acceptors (Lipinski definition) is 5. The molecule has 1 aromatic rings. The summed E-state index contributed by atoms with van der Waals surface area (Å²) in [5, 5.41) is 11.4. The Morgan fingerprint density at radius 2 is 2.24 bits per heavy atom. The molecule has 0 aliphatic carbocycles. The molecule has 2 aliphatic rings. The van der Waals surface area contributed by atoms with Crippen molar-refractivity contribution in [2.24, 2.45) is 0 Å². The molecule has 0 unspecified atom stereocenters. The van der Waals surface area contributed by atoms with Gasteiger partial charge in [-0.3, -0.25) is 4.79 Å². The average Bonchev–Trinajstić information content (AvgIpc) is 2.85. The number of carbonyl (C=O) groups is 1. The van der Waals surface area contributed by atoms with E-state index in [1.807, 2.05) is 24.5 Å². The molecule has 138 valence electrons. The molecule has 0 aromatic carbocycles. The van der Waals surface area contributed by atoms with Crippen LogP contribution in [0.4, 0.5) is 0 Å². The zero-order chi connectivity index (χ0) is 17.6. The minimum absolute atomic E-state index is 0.0643. The largest absolute Gasteiger partial charge is 0.379 e. The number of ether oxygens (including phenoxy) is 2. The predicted molar refractivity (Wildman–Crippen MR) is 93.4 cm³/mol. The summed E-state index contributed by atoms with van der Waals surface area (Å²) >= 11 is 0. The van der Waals surface area contributed by atoms with E-state index in [1.165, 1.54) is 12.0 Å². The Bertz CT molecular complexity index is 622. The van der Waals surface area contributed by atoms with Gasteiger partial charge in [0.25, 0.3) is 5.91 Å². The van der Waals surface area contributed by atoms with Crippen LogP contribution in [0.5, 0.6) is 0 Å². The molecule has 3 heterocycles. The number of hydrogen-bond donors (Lipinski definition) is 1. The standard InChI is InChI=1S/C18H28N4O3/c1-13(2)7-11-25-15-12-24-10-8-14(15)19-18(23)17-21-20-16-6-4-3-5-9-22(16)17/h7,14-15H,3-6,8-12H2,1-2H3,(H,19,23)/t14-,15-/m1/s1. The first kappa shape index (κ1) is 18.1. The van der Waals surface area contributed by atoms with E-state index >= 15 is 0 Å². The van der Waals surface area contributed by atoms with Crippen molar-refractivity contribution in [2.75, 3.05) is 19.8 Å². The fourth-order valence-electron chi connectivity index (χ4n) is 3.27. The lowest BCUT2D eigenvalue weighted by molar-refractivity contribution is -0.0590. The quantitative estimate of drug-likeness (QED) is 0.822. The number of nitrogens with zero attached hydrogens (tertiary/aromatic N) is 3. The lowest BCUT2D eigenvalue weighted by Gasteiger charge is -2.31. The molecule has 3 rings (SSSR count). The van der Waals surface area contributed by atoms with Gasteiger partial charge in [-0.2, -0.15) is 0 Å². The van der Waals surface area contributed by atoms with Crippen molar-refractivity contribution in [3.63, 3.8) is 0 Å². The Kier molecular flexibility index (Phi) is 6.20. The lowest BCUT2D eigenvalue weighted by atomic mass is 10.1. The minimum Gasteiger partial charge on any atom is -0.379 e. The van der Waals surface area contributed by atoms with Gasteiger partial charge in [0.1, 0.15) is 11.9 Å². The van der Waals surface area contributed by atoms with Crippen molar-refractivity contribution < 1.29 is 14.3 Å². The first-order chi connectivity index (χ1) is 12.1. The molecule has 25 heavy (non-hydrogen) atoms. The average molecular weight is 348 g/mol. The number of fused-ring (bicyclic) bond motifs is 1. The Balaban J connectivity index is 1.64. The minimum atomic E-state index is -0.164. The van der Waals surface area contributed by atoms with E-state index in [0.29, 0.717) is 25.6 Å². The normalized spacial score (nSPS) is 23.4. The van der Waals surface area contributed by atoms with Crippen LogP contribution in [0.25, 0.3) is 0 Å². The maximum Gasteiger partial charge on any atom is 0.289 e. The molecule has 0 spiro atoms. The summed E-state index contributed by atoms with van der Waals surface area (Å²) in [5.74, 6) is 1.18. The summed E-state index contributed by atoms with van der Waals surface area (Å²) in [6.45, 7) is 6.56. The summed E-state index contributed by atoms with van der Waals surface area (Å²) in [6, 6.07) is -0.0643. The highest BCUT2D eigenvalue weighted by Gasteiger charge is 2.30. The van der Waals surface area contributed by atoms with Crippen molar-refractivity contribution in [1.82, 2.24) is 20.1 Å². The molecule has 2 atom stereocenters. The van der Waals surface area contributed by atoms with E-state index in [0.717, 1.165) is 38.1 Å². The first-order valence-corrected chi connectivity index (χ1v) is 9.21. The Labute approximate surface area is 148 Å². The van der Waals surface area contributed by atoms with Crippen LogP contribution in [-0.4, -0.2) is 52.6 Å². The SMILES string of the molecule is CC(C)=CCO[C@@H]1COCC[C@H]1NC(=O)c1nnc2n1CCCCC2. The fraction of sp³-hybridized carbons (Fsp3) is 0.722. The van der Waals surface area contributed by atoms with Crippen LogP contribution in [0.2, 0.25) is 0 Å². The Morgan fingerprint density at radius 1 is 1.36 bits per heavy atom. The van der Waals surface area contributed by atoms with E-state index in [2.05, 4.69) is 15.5 Å². The maximum atomic E-state index is 12.7. The fourth-order valence-corrected chi connectivity index (χ4v) is 3.27. The second kappa shape index (κ2) is 8.58. The molecule has 7 nitrogen and oxygen atoms in total. The first-order valence-electron chi connectivity index (χ1n) is 9.21. The third-order valence-electron chi connectivity index (χ3n) is 4.74. The second-order valence-corrected chi connectivity index (χ2v) is 7.00. The molecule has 7 heteroatoms. The van der Waals surface area contributed by atoms with Gasteiger partial charge in [-0.05, 0) is 33.1 Å². The summed E-state index contributed by atoms with van der Waals surface area (Å²) in [7, 11) is 0. The molecule has 2 aliphatic heterocycles. The molecular formula is C18H28N4O3. The van der Waals surface area contributed by atoms with Gasteiger partial charge >= 0.3 is 0 Å². The summed E-state index contributed by atoms with van der Waals surface area (Å²) < 4.78 is 13.4. The molecule has 1 amide bonds. The van der Waals surface area contributed by atoms with Crippen LogP contribution in [0, 0.1) is 0 Å². The molecule has 0 radical (unpaired) electrons. The molecule has 1 saturated heterocycles. The van der Waals surface area contributed by atoms with E-state index < -0.39 is 0 Å². The number of allylic oxidation sites excluding steroid dienone is 1. The topological polar surface area (TPSA) is 78.3 Å². The van der Waals surface area contributed by atoms with Gasteiger partial charge in [0, 0.05) is 19.6 Å². The van der Waals surface area contributed by atoms with Gasteiger partial charge < -0.3 is 19.4 Å². The van der Waals surface area contributed by atoms with E-state index in [-0.39, 0.29) is 18.1 Å². The van der Waals surface area contributed by atoms with E-state index in [9.17, 15) is 4.79 Å². The highest BCUT2D eigenvalue weighted by molar-refractivity contribution is 5.91. The Morgan fingerprint density at radius 3 is 3.08 bits per heavy atom. The monoisotopic (exact) mass is 348 g/mol. The van der Waals surface area contributed by atoms with Gasteiger partial charge in [-0.15, -0.1) is 10.2 Å². The predicted octanol–water partition coefficient (Wildman–Crippen LogP) is 1.87. The number of aromatic nitrogens is 3. The molecule has 0 saturated carbocycles. The van der Waals surface area contributed by atoms with Crippen molar-refractivity contribution in [3.05, 3.63) is 23.3 Å². The molecular weight excluding hydrogens is 320 g/mol. The second-order valence-electron chi connectivity index (χ2n) is 7.00. The summed E-state index contributed by atoms with van der Waals surface area (Å²) in [5.41, 5.74) is 1.21. The van der Waals surface area contributed by atoms with Crippen molar-refractivity contribution in [3.8, 4) is 0 Å². The van der Waals surface area contributed by atoms with Gasteiger partial charge in [-0.25, -0.2) is 0 Å². The van der Waals surface area contributed by atoms with E-state index in [1.54, 1.807) is 0 Å². The van der Waals surface area contributed by atoms with Gasteiger partial charge in [-0.1, -0.05) is 18.1 Å². The summed E-state index contributed by atoms with van der Waals surface area (Å²) in [6.07, 6.45) is 6.88. The van der Waals surface area contributed by atoms with Gasteiger partial charge in [0.2, 0.25) is 5.82 Å². The molecule has 1 N–H and O–H groups in total. The lowest BCUT2D eigenvalue weighted by Crippen LogP contribution is -2.50. The number of aryl methyl sites for hydroxylation is 1. The van der Waals surface area contributed by atoms with Crippen molar-refractivity contribution >= 4 is 5.91 Å². The highest BCUT2D eigenvalue weighted by atomic mass is 16.5. The summed E-state index contributed by atoms with van der Waals surface area (Å²) in [4.78, 5) is 12.7. The zero-order valence-electron chi connectivity index (χ0n) is 15.2. The molecule has 0 bridgehead atoms. The maximum absolute atomic E-state index is 12.7. The van der Waals surface area contributed by atoms with Crippen molar-refractivity contribution in [1.29, 1.82) is 0 Å². The van der Waals surface area contributed by atoms with Crippen LogP contribution >= 0.6 is 0 Å². The number of carbonyl (C=O) groups excluding carboxylic acids is 1. The number of amides is 1. The highest BCUT2D eigenvalue weighted by Crippen LogP contribution is 2.16. The van der Waals surface area contributed by atoms with Crippen LogP contribution in [-0.2, 0) is 22.4 Å².